The lowest BCUT2D eigenvalue weighted by Gasteiger charge is -2.37. The van der Waals surface area contributed by atoms with E-state index in [9.17, 15) is 9.59 Å². The predicted molar refractivity (Wildman–Crippen MR) is 99.4 cm³/mol. The fourth-order valence-electron chi connectivity index (χ4n) is 1.40. The summed E-state index contributed by atoms with van der Waals surface area (Å²) >= 11 is 1.20. The van der Waals surface area contributed by atoms with Gasteiger partial charge in [0.25, 0.3) is 0 Å². The average Bonchev–Trinajstić information content (AvgIpc) is 2.28. The van der Waals surface area contributed by atoms with E-state index in [4.69, 9.17) is 9.16 Å². The Morgan fingerprint density at radius 2 is 1.65 bits per heavy atom. The highest BCUT2D eigenvalue weighted by atomic mass is 32.2. The first-order chi connectivity index (χ1) is 10.1. The lowest BCUT2D eigenvalue weighted by molar-refractivity contribution is -0.109. The van der Waals surface area contributed by atoms with Crippen molar-refractivity contribution in [3.8, 4) is 0 Å². The number of carbonyl (C=O) groups is 2. The Morgan fingerprint density at radius 3 is 2.04 bits per heavy atom. The minimum atomic E-state index is -1.88. The number of alkyl carbamates (subject to hydrolysis) is 1. The van der Waals surface area contributed by atoms with E-state index in [1.54, 1.807) is 0 Å². The van der Waals surface area contributed by atoms with Crippen molar-refractivity contribution in [2.75, 3.05) is 13.2 Å². The molecular weight excluding hydrogens is 330 g/mol. The first kappa shape index (κ1) is 22.5. The Labute approximate surface area is 146 Å². The highest BCUT2D eigenvalue weighted by Gasteiger charge is 2.37. The Bertz CT molecular complexity index is 413. The van der Waals surface area contributed by atoms with Crippen LogP contribution < -0.4 is 5.32 Å². The maximum Gasteiger partial charge on any atom is 0.407 e. The number of thioether (sulfide) groups is 1. The van der Waals surface area contributed by atoms with Crippen LogP contribution in [0.1, 0.15) is 48.5 Å². The van der Waals surface area contributed by atoms with E-state index in [2.05, 4.69) is 39.2 Å². The van der Waals surface area contributed by atoms with E-state index in [0.29, 0.717) is 13.2 Å². The first-order valence-corrected chi connectivity index (χ1v) is 11.7. The van der Waals surface area contributed by atoms with E-state index >= 15 is 0 Å². The summed E-state index contributed by atoms with van der Waals surface area (Å²) in [7, 11) is -1.88. The topological polar surface area (TPSA) is 64.6 Å². The molecule has 0 rings (SSSR count). The van der Waals surface area contributed by atoms with Crippen LogP contribution in [0.25, 0.3) is 0 Å². The summed E-state index contributed by atoms with van der Waals surface area (Å²) in [6, 6.07) is 0. The van der Waals surface area contributed by atoms with Gasteiger partial charge in [0, 0.05) is 20.1 Å². The molecule has 1 amide bonds. The number of amides is 1. The van der Waals surface area contributed by atoms with Gasteiger partial charge in [0.05, 0.1) is 5.25 Å². The van der Waals surface area contributed by atoms with Gasteiger partial charge < -0.3 is 14.5 Å². The van der Waals surface area contributed by atoms with E-state index < -0.39 is 20.0 Å². The largest absolute Gasteiger partial charge is 0.444 e. The van der Waals surface area contributed by atoms with Gasteiger partial charge in [0.15, 0.2) is 13.4 Å². The summed E-state index contributed by atoms with van der Waals surface area (Å²) in [6.45, 7) is 18.6. The zero-order valence-electron chi connectivity index (χ0n) is 16.0. The van der Waals surface area contributed by atoms with Gasteiger partial charge in [-0.05, 0) is 38.9 Å². The minimum Gasteiger partial charge on any atom is -0.444 e. The molecular formula is C16H33NO4SSi. The van der Waals surface area contributed by atoms with E-state index in [1.165, 1.54) is 18.7 Å². The van der Waals surface area contributed by atoms with Crippen LogP contribution in [0.5, 0.6) is 0 Å². The number of rotatable bonds is 6. The average molecular weight is 364 g/mol. The van der Waals surface area contributed by atoms with Crippen molar-refractivity contribution in [3.63, 3.8) is 0 Å². The van der Waals surface area contributed by atoms with Gasteiger partial charge in [-0.2, -0.15) is 0 Å². The van der Waals surface area contributed by atoms with Crippen LogP contribution in [0, 0.1) is 0 Å². The van der Waals surface area contributed by atoms with Crippen LogP contribution in [0.4, 0.5) is 4.79 Å². The van der Waals surface area contributed by atoms with E-state index in [-0.39, 0.29) is 15.4 Å². The molecule has 1 N–H and O–H groups in total. The van der Waals surface area contributed by atoms with Crippen molar-refractivity contribution < 1.29 is 18.8 Å². The third-order valence-corrected chi connectivity index (χ3v) is 9.11. The van der Waals surface area contributed by atoms with Crippen LogP contribution in [-0.4, -0.2) is 43.5 Å². The maximum atomic E-state index is 11.7. The van der Waals surface area contributed by atoms with Crippen molar-refractivity contribution >= 4 is 31.3 Å². The molecule has 0 saturated carbocycles. The van der Waals surface area contributed by atoms with Crippen molar-refractivity contribution in [1.29, 1.82) is 0 Å². The van der Waals surface area contributed by atoms with E-state index in [0.717, 1.165) is 0 Å². The van der Waals surface area contributed by atoms with Gasteiger partial charge in [-0.25, -0.2) is 4.79 Å². The summed E-state index contributed by atoms with van der Waals surface area (Å²) in [5.74, 6) is 0. The molecule has 0 radical (unpaired) electrons. The fourth-order valence-corrected chi connectivity index (χ4v) is 3.34. The highest BCUT2D eigenvalue weighted by molar-refractivity contribution is 8.14. The minimum absolute atomic E-state index is 0.0137. The predicted octanol–water partition coefficient (Wildman–Crippen LogP) is 4.18. The van der Waals surface area contributed by atoms with Gasteiger partial charge in [-0.3, -0.25) is 4.79 Å². The number of nitrogens with one attached hydrogen (secondary N) is 1. The molecule has 0 spiro atoms. The van der Waals surface area contributed by atoms with Crippen molar-refractivity contribution in [3.05, 3.63) is 0 Å². The highest BCUT2D eigenvalue weighted by Crippen LogP contribution is 2.36. The lowest BCUT2D eigenvalue weighted by Crippen LogP contribution is -2.44. The van der Waals surface area contributed by atoms with Gasteiger partial charge in [-0.15, -0.1) is 0 Å². The molecule has 0 aromatic heterocycles. The van der Waals surface area contributed by atoms with Gasteiger partial charge in [-0.1, -0.05) is 32.5 Å². The van der Waals surface area contributed by atoms with Gasteiger partial charge >= 0.3 is 6.09 Å². The molecule has 0 aliphatic rings. The standard InChI is InChI=1S/C16H33NO4SSi/c1-12(18)22-13(10-17-14(19)21-15(2,3)4)11-20-23(8,9)16(5,6)7/h13H,10-11H2,1-9H3,(H,17,19)/t13-/m1/s1. The molecule has 5 nitrogen and oxygen atoms in total. The third-order valence-electron chi connectivity index (χ3n) is 3.64. The van der Waals surface area contributed by atoms with Crippen LogP contribution in [0.3, 0.4) is 0 Å². The number of hydrogen-bond acceptors (Lipinski definition) is 5. The number of hydrogen-bond donors (Lipinski definition) is 1. The van der Waals surface area contributed by atoms with Crippen LogP contribution in [0.15, 0.2) is 0 Å². The quantitative estimate of drug-likeness (QED) is 0.717. The second kappa shape index (κ2) is 8.53. The molecule has 136 valence electrons. The van der Waals surface area contributed by atoms with E-state index in [1.807, 2.05) is 20.8 Å². The summed E-state index contributed by atoms with van der Waals surface area (Å²) in [4.78, 5) is 23.2. The van der Waals surface area contributed by atoms with Crippen molar-refractivity contribution in [2.45, 2.75) is 77.4 Å². The molecule has 0 aromatic carbocycles. The lowest BCUT2D eigenvalue weighted by atomic mass is 10.2. The normalized spacial score (nSPS) is 14.3. The Hall–Kier alpha value is -0.533. The summed E-state index contributed by atoms with van der Waals surface area (Å²) in [6.07, 6.45) is -0.473. The second-order valence-electron chi connectivity index (χ2n) is 8.19. The second-order valence-corrected chi connectivity index (χ2v) is 14.5. The molecule has 0 aliphatic carbocycles. The van der Waals surface area contributed by atoms with Crippen molar-refractivity contribution in [1.82, 2.24) is 5.32 Å². The summed E-state index contributed by atoms with van der Waals surface area (Å²) in [5.41, 5.74) is -0.537. The number of carbonyl (C=O) groups excluding carboxylic acids is 2. The van der Waals surface area contributed by atoms with Crippen molar-refractivity contribution in [2.24, 2.45) is 0 Å². The Morgan fingerprint density at radius 1 is 1.13 bits per heavy atom. The maximum absolute atomic E-state index is 11.7. The molecule has 0 heterocycles. The molecule has 0 bridgehead atoms. The molecule has 7 heteroatoms. The molecule has 0 fully saturated rings. The Balaban J connectivity index is 4.60. The SMILES string of the molecule is CC(=O)S[C@H](CNC(=O)OC(C)(C)C)CO[Si](C)(C)C(C)(C)C. The van der Waals surface area contributed by atoms with Crippen LogP contribution in [0.2, 0.25) is 18.1 Å². The zero-order valence-corrected chi connectivity index (χ0v) is 17.8. The molecule has 0 aromatic rings. The monoisotopic (exact) mass is 363 g/mol. The summed E-state index contributed by atoms with van der Waals surface area (Å²) < 4.78 is 11.4. The fraction of sp³-hybridized carbons (Fsp3) is 0.875. The molecule has 0 unspecified atom stereocenters. The van der Waals surface area contributed by atoms with Gasteiger partial charge in [0.2, 0.25) is 0 Å². The molecule has 0 aliphatic heterocycles. The van der Waals surface area contributed by atoms with Gasteiger partial charge in [0.1, 0.15) is 5.60 Å². The zero-order chi connectivity index (χ0) is 18.5. The van der Waals surface area contributed by atoms with Crippen LogP contribution in [-0.2, 0) is 14.0 Å². The number of ether oxygens (including phenoxy) is 1. The molecule has 0 saturated heterocycles. The first-order valence-electron chi connectivity index (χ1n) is 7.92. The smallest absolute Gasteiger partial charge is 0.407 e. The molecule has 1 atom stereocenters. The van der Waals surface area contributed by atoms with Crippen LogP contribution >= 0.6 is 11.8 Å². The Kier molecular flexibility index (Phi) is 8.33. The summed E-state index contributed by atoms with van der Waals surface area (Å²) in [5, 5.41) is 2.73. The third kappa shape index (κ3) is 10.0. The molecule has 23 heavy (non-hydrogen) atoms.